The molecular weight excluding hydrogens is 316 g/mol. The molecule has 118 valence electrons. The van der Waals surface area contributed by atoms with E-state index in [1.54, 1.807) is 30.3 Å². The van der Waals surface area contributed by atoms with Crippen molar-refractivity contribution in [2.45, 2.75) is 6.10 Å². The fraction of sp³-hybridized carbons (Fsp3) is 0.188. The number of amides is 3. The van der Waals surface area contributed by atoms with Gasteiger partial charge in [0.2, 0.25) is 5.91 Å². The molecule has 23 heavy (non-hydrogen) atoms. The summed E-state index contributed by atoms with van der Waals surface area (Å²) in [6.45, 7) is -0.327. The van der Waals surface area contributed by atoms with E-state index in [4.69, 9.17) is 0 Å². The molecule has 3 rings (SSSR count). The molecule has 0 spiro atoms. The van der Waals surface area contributed by atoms with E-state index in [0.29, 0.717) is 11.1 Å². The molecule has 1 atom stereocenters. The summed E-state index contributed by atoms with van der Waals surface area (Å²) in [6.07, 6.45) is -0.805. The van der Waals surface area contributed by atoms with Crippen molar-refractivity contribution < 1.29 is 19.5 Å². The average molecular weight is 330 g/mol. The maximum absolute atomic E-state index is 12.1. The van der Waals surface area contributed by atoms with Crippen LogP contribution in [0.5, 0.6) is 0 Å². The highest BCUT2D eigenvalue weighted by atomic mass is 32.1. The van der Waals surface area contributed by atoms with Crippen molar-refractivity contribution in [2.75, 3.05) is 13.1 Å². The van der Waals surface area contributed by atoms with Crippen molar-refractivity contribution in [3.63, 3.8) is 0 Å². The van der Waals surface area contributed by atoms with Crippen molar-refractivity contribution in [3.05, 3.63) is 57.8 Å². The van der Waals surface area contributed by atoms with Crippen LogP contribution in [0.1, 0.15) is 31.7 Å². The first-order chi connectivity index (χ1) is 11.1. The van der Waals surface area contributed by atoms with Gasteiger partial charge in [-0.05, 0) is 23.6 Å². The molecule has 1 aromatic heterocycles. The van der Waals surface area contributed by atoms with Gasteiger partial charge in [-0.25, -0.2) is 0 Å². The molecule has 1 aliphatic heterocycles. The number of benzene rings is 1. The molecule has 6 nitrogen and oxygen atoms in total. The third kappa shape index (κ3) is 3.01. The highest BCUT2D eigenvalue weighted by Crippen LogP contribution is 2.22. The smallest absolute Gasteiger partial charge is 0.262 e. The van der Waals surface area contributed by atoms with Gasteiger partial charge >= 0.3 is 0 Å². The molecule has 0 bridgehead atoms. The summed E-state index contributed by atoms with van der Waals surface area (Å²) in [4.78, 5) is 37.9. The van der Waals surface area contributed by atoms with Gasteiger partial charge in [0.25, 0.3) is 11.8 Å². The van der Waals surface area contributed by atoms with Crippen LogP contribution >= 0.6 is 11.3 Å². The van der Waals surface area contributed by atoms with Crippen molar-refractivity contribution >= 4 is 29.1 Å². The van der Waals surface area contributed by atoms with Gasteiger partial charge in [0.15, 0.2) is 0 Å². The second kappa shape index (κ2) is 6.31. The Balaban J connectivity index is 1.59. The van der Waals surface area contributed by atoms with Crippen molar-refractivity contribution in [1.82, 2.24) is 10.2 Å². The molecule has 1 aliphatic rings. The molecule has 1 aromatic carbocycles. The number of nitrogens with one attached hydrogen (secondary N) is 1. The molecule has 3 amide bonds. The normalized spacial score (nSPS) is 14.7. The fourth-order valence-corrected chi connectivity index (χ4v) is 3.09. The Labute approximate surface area is 136 Å². The summed E-state index contributed by atoms with van der Waals surface area (Å²) in [5.74, 6) is -1.44. The summed E-state index contributed by atoms with van der Waals surface area (Å²) in [6, 6.07) is 10.0. The van der Waals surface area contributed by atoms with Crippen LogP contribution in [0.4, 0.5) is 0 Å². The molecule has 0 aliphatic carbocycles. The van der Waals surface area contributed by atoms with E-state index in [-0.39, 0.29) is 13.1 Å². The summed E-state index contributed by atoms with van der Waals surface area (Å²) in [7, 11) is 0. The van der Waals surface area contributed by atoms with Gasteiger partial charge < -0.3 is 10.4 Å². The first-order valence-electron chi connectivity index (χ1n) is 7.01. The molecule has 1 unspecified atom stereocenters. The summed E-state index contributed by atoms with van der Waals surface area (Å²) < 4.78 is 0. The first-order valence-corrected chi connectivity index (χ1v) is 7.89. The van der Waals surface area contributed by atoms with Gasteiger partial charge in [-0.15, -0.1) is 11.3 Å². The van der Waals surface area contributed by atoms with E-state index < -0.39 is 23.8 Å². The number of carbonyl (C=O) groups excluding carboxylic acids is 3. The number of rotatable bonds is 5. The van der Waals surface area contributed by atoms with Gasteiger partial charge in [-0.2, -0.15) is 0 Å². The molecule has 0 saturated heterocycles. The average Bonchev–Trinajstić information content (AvgIpc) is 3.17. The maximum atomic E-state index is 12.1. The van der Waals surface area contributed by atoms with Crippen LogP contribution in [0.15, 0.2) is 41.8 Å². The Kier molecular flexibility index (Phi) is 4.22. The number of imide groups is 1. The maximum Gasteiger partial charge on any atom is 0.262 e. The summed E-state index contributed by atoms with van der Waals surface area (Å²) in [5, 5.41) is 14.3. The van der Waals surface area contributed by atoms with Crippen molar-refractivity contribution in [2.24, 2.45) is 0 Å². The second-order valence-electron chi connectivity index (χ2n) is 5.08. The zero-order valence-corrected chi connectivity index (χ0v) is 12.9. The lowest BCUT2D eigenvalue weighted by atomic mass is 10.1. The van der Waals surface area contributed by atoms with Crippen LogP contribution in [0, 0.1) is 0 Å². The van der Waals surface area contributed by atoms with Crippen LogP contribution in [0.2, 0.25) is 0 Å². The third-order valence-electron chi connectivity index (χ3n) is 3.54. The van der Waals surface area contributed by atoms with E-state index in [0.717, 1.165) is 9.78 Å². The number of nitrogens with zero attached hydrogens (tertiary/aromatic N) is 1. The molecule has 2 aromatic rings. The molecule has 7 heteroatoms. The Bertz CT molecular complexity index is 722. The van der Waals surface area contributed by atoms with Crippen LogP contribution in [-0.2, 0) is 4.79 Å². The van der Waals surface area contributed by atoms with Crippen molar-refractivity contribution in [3.8, 4) is 0 Å². The fourth-order valence-electron chi connectivity index (χ4n) is 2.37. The Morgan fingerprint density at radius 3 is 2.35 bits per heavy atom. The number of carbonyl (C=O) groups is 3. The molecule has 0 saturated carbocycles. The van der Waals surface area contributed by atoms with Crippen LogP contribution in [0.25, 0.3) is 0 Å². The highest BCUT2D eigenvalue weighted by Gasteiger charge is 2.36. The predicted molar refractivity (Wildman–Crippen MR) is 84.1 cm³/mol. The van der Waals surface area contributed by atoms with E-state index >= 15 is 0 Å². The number of thiophene rings is 1. The number of fused-ring (bicyclic) bond motifs is 1. The number of aliphatic hydroxyl groups excluding tert-OH is 1. The van der Waals surface area contributed by atoms with Crippen molar-refractivity contribution in [1.29, 1.82) is 0 Å². The lowest BCUT2D eigenvalue weighted by Gasteiger charge is -2.15. The van der Waals surface area contributed by atoms with E-state index in [1.807, 2.05) is 11.4 Å². The molecule has 2 heterocycles. The second-order valence-corrected chi connectivity index (χ2v) is 6.06. The van der Waals surface area contributed by atoms with Gasteiger partial charge in [0, 0.05) is 11.4 Å². The molecule has 0 radical (unpaired) electrons. The Morgan fingerprint density at radius 2 is 1.78 bits per heavy atom. The summed E-state index contributed by atoms with van der Waals surface area (Å²) >= 11 is 1.39. The number of hydrogen-bond donors (Lipinski definition) is 2. The Morgan fingerprint density at radius 1 is 1.13 bits per heavy atom. The van der Waals surface area contributed by atoms with Gasteiger partial charge in [-0.3, -0.25) is 19.3 Å². The SMILES string of the molecule is O=C(CN1C(=O)c2ccccc2C1=O)NCC(O)c1cccs1. The van der Waals surface area contributed by atoms with E-state index in [1.165, 1.54) is 11.3 Å². The zero-order valence-electron chi connectivity index (χ0n) is 12.1. The van der Waals surface area contributed by atoms with Crippen LogP contribution in [0.3, 0.4) is 0 Å². The predicted octanol–water partition coefficient (Wildman–Crippen LogP) is 1.19. The summed E-state index contributed by atoms with van der Waals surface area (Å²) in [5.41, 5.74) is 0.618. The first kappa shape index (κ1) is 15.4. The lowest BCUT2D eigenvalue weighted by Crippen LogP contribution is -2.41. The lowest BCUT2D eigenvalue weighted by molar-refractivity contribution is -0.121. The van der Waals surface area contributed by atoms with Gasteiger partial charge in [0.1, 0.15) is 12.6 Å². The van der Waals surface area contributed by atoms with Gasteiger partial charge in [-0.1, -0.05) is 18.2 Å². The number of hydrogen-bond acceptors (Lipinski definition) is 5. The van der Waals surface area contributed by atoms with E-state index in [2.05, 4.69) is 5.32 Å². The third-order valence-corrected chi connectivity index (χ3v) is 4.52. The minimum absolute atomic E-state index is 0.0303. The largest absolute Gasteiger partial charge is 0.386 e. The standard InChI is InChI=1S/C16H14N2O4S/c19-12(13-6-3-7-23-13)8-17-14(20)9-18-15(21)10-4-1-2-5-11(10)16(18)22/h1-7,12,19H,8-9H2,(H,17,20). The minimum atomic E-state index is -0.805. The van der Waals surface area contributed by atoms with Gasteiger partial charge in [0.05, 0.1) is 11.1 Å². The topological polar surface area (TPSA) is 86.7 Å². The molecule has 0 fully saturated rings. The van der Waals surface area contributed by atoms with Crippen LogP contribution in [-0.4, -0.2) is 40.8 Å². The highest BCUT2D eigenvalue weighted by molar-refractivity contribution is 7.10. The molecule has 2 N–H and O–H groups in total. The monoisotopic (exact) mass is 330 g/mol. The van der Waals surface area contributed by atoms with E-state index in [9.17, 15) is 19.5 Å². The quantitative estimate of drug-likeness (QED) is 0.807. The van der Waals surface area contributed by atoms with Crippen LogP contribution < -0.4 is 5.32 Å². The Hall–Kier alpha value is -2.51. The minimum Gasteiger partial charge on any atom is -0.386 e. The molecular formula is C16H14N2O4S. The number of aliphatic hydroxyl groups is 1. The zero-order chi connectivity index (χ0) is 16.4.